The highest BCUT2D eigenvalue weighted by molar-refractivity contribution is 7.92. The summed E-state index contributed by atoms with van der Waals surface area (Å²) in [5.41, 5.74) is 1.66. The maximum Gasteiger partial charge on any atom is 0.251 e. The number of halogens is 2. The van der Waals surface area contributed by atoms with Crippen molar-refractivity contribution in [2.75, 3.05) is 16.6 Å². The lowest BCUT2D eigenvalue weighted by atomic mass is 10.1. The number of amides is 1. The van der Waals surface area contributed by atoms with E-state index in [0.29, 0.717) is 34.3 Å². The quantitative estimate of drug-likeness (QED) is 0.828. The number of anilines is 1. The fourth-order valence-corrected chi connectivity index (χ4v) is 4.93. The Morgan fingerprint density at radius 1 is 1.12 bits per heavy atom. The zero-order valence-corrected chi connectivity index (χ0v) is 16.2. The van der Waals surface area contributed by atoms with Gasteiger partial charge in [0.1, 0.15) is 0 Å². The first-order valence-corrected chi connectivity index (χ1v) is 10.6. The molecule has 1 fully saturated rings. The summed E-state index contributed by atoms with van der Waals surface area (Å²) in [4.78, 5) is 12.4. The molecule has 1 aliphatic heterocycles. The molecule has 0 unspecified atom stereocenters. The summed E-state index contributed by atoms with van der Waals surface area (Å²) >= 11 is 12.0. The van der Waals surface area contributed by atoms with Gasteiger partial charge in [0.2, 0.25) is 10.0 Å². The number of nitrogens with one attached hydrogen (secondary N) is 1. The molecule has 0 aliphatic carbocycles. The van der Waals surface area contributed by atoms with Crippen molar-refractivity contribution in [3.8, 4) is 0 Å². The molecule has 1 heterocycles. The van der Waals surface area contributed by atoms with Crippen molar-refractivity contribution in [2.24, 2.45) is 0 Å². The first kappa shape index (κ1) is 19.0. The lowest BCUT2D eigenvalue weighted by Gasteiger charge is -2.28. The molecule has 0 radical (unpaired) electrons. The number of sulfonamides is 1. The van der Waals surface area contributed by atoms with E-state index in [-0.39, 0.29) is 18.2 Å². The van der Waals surface area contributed by atoms with Crippen LogP contribution in [0.1, 0.15) is 28.8 Å². The van der Waals surface area contributed by atoms with Gasteiger partial charge in [-0.15, -0.1) is 0 Å². The molecule has 2 aromatic rings. The van der Waals surface area contributed by atoms with E-state index in [0.717, 1.165) is 12.0 Å². The standard InChI is InChI=1S/C18H18Cl2N2O3S/c19-15-7-6-14(17(20)11-15)12-21-18(23)13-4-3-5-16(10-13)22-8-1-2-9-26(22,24)25/h3-7,10-11H,1-2,8-9,12H2,(H,21,23). The monoisotopic (exact) mass is 412 g/mol. The molecular formula is C18H18Cl2N2O3S. The number of benzene rings is 2. The minimum atomic E-state index is -3.31. The van der Waals surface area contributed by atoms with E-state index in [2.05, 4.69) is 5.32 Å². The van der Waals surface area contributed by atoms with Crippen molar-refractivity contribution in [1.29, 1.82) is 0 Å². The van der Waals surface area contributed by atoms with Crippen molar-refractivity contribution in [3.63, 3.8) is 0 Å². The number of carbonyl (C=O) groups excluding carboxylic acids is 1. The van der Waals surface area contributed by atoms with E-state index in [1.165, 1.54) is 4.31 Å². The Kier molecular flexibility index (Phi) is 5.75. The van der Waals surface area contributed by atoms with Crippen LogP contribution in [0.15, 0.2) is 42.5 Å². The lowest BCUT2D eigenvalue weighted by molar-refractivity contribution is 0.0951. The van der Waals surface area contributed by atoms with Gasteiger partial charge >= 0.3 is 0 Å². The molecule has 2 aromatic carbocycles. The van der Waals surface area contributed by atoms with E-state index in [1.807, 2.05) is 0 Å². The smallest absolute Gasteiger partial charge is 0.251 e. The Morgan fingerprint density at radius 3 is 2.65 bits per heavy atom. The molecular weight excluding hydrogens is 395 g/mol. The minimum absolute atomic E-state index is 0.137. The summed E-state index contributed by atoms with van der Waals surface area (Å²) < 4.78 is 25.9. The van der Waals surface area contributed by atoms with E-state index in [1.54, 1.807) is 42.5 Å². The lowest BCUT2D eigenvalue weighted by Crippen LogP contribution is -2.38. The highest BCUT2D eigenvalue weighted by atomic mass is 35.5. The van der Waals surface area contributed by atoms with Gasteiger partial charge in [-0.05, 0) is 48.7 Å². The molecule has 0 spiro atoms. The third-order valence-electron chi connectivity index (χ3n) is 4.20. The predicted molar refractivity (Wildman–Crippen MR) is 104 cm³/mol. The van der Waals surface area contributed by atoms with Gasteiger partial charge in [-0.2, -0.15) is 0 Å². The molecule has 0 saturated carbocycles. The van der Waals surface area contributed by atoms with Crippen LogP contribution in [-0.4, -0.2) is 26.6 Å². The maximum atomic E-state index is 12.4. The number of rotatable bonds is 4. The highest BCUT2D eigenvalue weighted by Crippen LogP contribution is 2.25. The van der Waals surface area contributed by atoms with Crippen molar-refractivity contribution in [3.05, 3.63) is 63.6 Å². The van der Waals surface area contributed by atoms with Crippen molar-refractivity contribution in [2.45, 2.75) is 19.4 Å². The van der Waals surface area contributed by atoms with Crippen molar-refractivity contribution >= 4 is 44.8 Å². The number of hydrogen-bond acceptors (Lipinski definition) is 3. The molecule has 26 heavy (non-hydrogen) atoms. The molecule has 1 amide bonds. The Bertz CT molecular complexity index is 932. The van der Waals surface area contributed by atoms with Crippen molar-refractivity contribution < 1.29 is 13.2 Å². The molecule has 1 aliphatic rings. The van der Waals surface area contributed by atoms with E-state index in [9.17, 15) is 13.2 Å². The van der Waals surface area contributed by atoms with Gasteiger partial charge < -0.3 is 5.32 Å². The van der Waals surface area contributed by atoms with Crippen LogP contribution in [0.4, 0.5) is 5.69 Å². The van der Waals surface area contributed by atoms with E-state index in [4.69, 9.17) is 23.2 Å². The van der Waals surface area contributed by atoms with Crippen LogP contribution < -0.4 is 9.62 Å². The number of carbonyl (C=O) groups is 1. The summed E-state index contributed by atoms with van der Waals surface area (Å²) in [5.74, 6) is -0.161. The fourth-order valence-electron chi connectivity index (χ4n) is 2.82. The van der Waals surface area contributed by atoms with Crippen molar-refractivity contribution in [1.82, 2.24) is 5.32 Å². The molecule has 138 valence electrons. The number of hydrogen-bond donors (Lipinski definition) is 1. The van der Waals surface area contributed by atoms with Gasteiger partial charge in [-0.25, -0.2) is 8.42 Å². The molecule has 0 aromatic heterocycles. The van der Waals surface area contributed by atoms with Gasteiger partial charge in [0.25, 0.3) is 5.91 Å². The van der Waals surface area contributed by atoms with E-state index < -0.39 is 10.0 Å². The summed E-state index contributed by atoms with van der Waals surface area (Å²) in [5, 5.41) is 3.80. The second kappa shape index (κ2) is 7.86. The molecule has 0 atom stereocenters. The normalized spacial score (nSPS) is 16.3. The van der Waals surface area contributed by atoms with Crippen LogP contribution in [-0.2, 0) is 16.6 Å². The summed E-state index contributed by atoms with van der Waals surface area (Å²) in [6, 6.07) is 11.7. The van der Waals surface area contributed by atoms with Gasteiger partial charge in [0.15, 0.2) is 0 Å². The van der Waals surface area contributed by atoms with Crippen LogP contribution in [0.2, 0.25) is 10.0 Å². The maximum absolute atomic E-state index is 12.4. The first-order valence-electron chi connectivity index (χ1n) is 8.19. The molecule has 8 heteroatoms. The minimum Gasteiger partial charge on any atom is -0.348 e. The second-order valence-corrected chi connectivity index (χ2v) is 8.92. The van der Waals surface area contributed by atoms with Gasteiger partial charge in [0, 0.05) is 28.7 Å². The Morgan fingerprint density at radius 2 is 1.92 bits per heavy atom. The summed E-state index contributed by atoms with van der Waals surface area (Å²) in [7, 11) is -3.31. The van der Waals surface area contributed by atoms with E-state index >= 15 is 0 Å². The molecule has 5 nitrogen and oxygen atoms in total. The molecule has 3 rings (SSSR count). The molecule has 1 saturated heterocycles. The SMILES string of the molecule is O=C(NCc1ccc(Cl)cc1Cl)c1cccc(N2CCCCS2(=O)=O)c1. The van der Waals surface area contributed by atoms with Crippen LogP contribution in [0.3, 0.4) is 0 Å². The van der Waals surface area contributed by atoms with Crippen LogP contribution in [0.5, 0.6) is 0 Å². The Labute approximate surface area is 163 Å². The van der Waals surface area contributed by atoms with Gasteiger partial charge in [-0.1, -0.05) is 35.3 Å². The molecule has 0 bridgehead atoms. The Balaban J connectivity index is 1.74. The van der Waals surface area contributed by atoms with Crippen LogP contribution >= 0.6 is 23.2 Å². The predicted octanol–water partition coefficient (Wildman–Crippen LogP) is 3.85. The van der Waals surface area contributed by atoms with Gasteiger partial charge in [0.05, 0.1) is 11.4 Å². The summed E-state index contributed by atoms with van der Waals surface area (Å²) in [6.07, 6.45) is 1.48. The zero-order valence-electron chi connectivity index (χ0n) is 13.9. The first-order chi connectivity index (χ1) is 12.4. The summed E-state index contributed by atoms with van der Waals surface area (Å²) in [6.45, 7) is 0.689. The van der Waals surface area contributed by atoms with Gasteiger partial charge in [-0.3, -0.25) is 9.10 Å². The topological polar surface area (TPSA) is 66.5 Å². The second-order valence-electron chi connectivity index (χ2n) is 6.06. The molecule has 1 N–H and O–H groups in total. The third kappa shape index (κ3) is 4.31. The largest absolute Gasteiger partial charge is 0.348 e. The number of nitrogens with zero attached hydrogens (tertiary/aromatic N) is 1. The van der Waals surface area contributed by atoms with Crippen LogP contribution in [0.25, 0.3) is 0 Å². The van der Waals surface area contributed by atoms with Crippen LogP contribution in [0, 0.1) is 0 Å². The fraction of sp³-hybridized carbons (Fsp3) is 0.278. The average molecular weight is 413 g/mol. The average Bonchev–Trinajstić information content (AvgIpc) is 2.60. The Hall–Kier alpha value is -1.76. The zero-order chi connectivity index (χ0) is 18.7. The highest BCUT2D eigenvalue weighted by Gasteiger charge is 2.26. The third-order valence-corrected chi connectivity index (χ3v) is 6.66.